The highest BCUT2D eigenvalue weighted by Gasteiger charge is 2.14. The molecule has 0 amide bonds. The van der Waals surface area contributed by atoms with Crippen molar-refractivity contribution in [3.8, 4) is 0 Å². The molecule has 0 aliphatic heterocycles. The van der Waals surface area contributed by atoms with Crippen LogP contribution in [0.25, 0.3) is 11.0 Å². The minimum absolute atomic E-state index is 1.01. The Morgan fingerprint density at radius 3 is 2.45 bits per heavy atom. The lowest BCUT2D eigenvalue weighted by molar-refractivity contribution is 0.516. The molecular weight excluding hydrogens is 288 g/mol. The Hall–Kier alpha value is -1.67. The van der Waals surface area contributed by atoms with Gasteiger partial charge in [0.25, 0.3) is 0 Å². The molecule has 114 valence electrons. The minimum Gasteiger partial charge on any atom is -0.460 e. The number of hydrogen-bond donors (Lipinski definition) is 0. The van der Waals surface area contributed by atoms with Crippen molar-refractivity contribution in [2.75, 3.05) is 0 Å². The first-order chi connectivity index (χ1) is 10.9. The Bertz CT molecular complexity index is 715. The van der Waals surface area contributed by atoms with Crippen molar-refractivity contribution in [3.05, 3.63) is 60.4 Å². The van der Waals surface area contributed by atoms with Gasteiger partial charge in [-0.05, 0) is 30.7 Å². The van der Waals surface area contributed by atoms with Gasteiger partial charge in [-0.3, -0.25) is 0 Å². The van der Waals surface area contributed by atoms with E-state index in [1.54, 1.807) is 0 Å². The van der Waals surface area contributed by atoms with E-state index in [4.69, 9.17) is 4.42 Å². The fraction of sp³-hybridized carbons (Fsp3) is 0.300. The van der Waals surface area contributed by atoms with Crippen LogP contribution in [0.15, 0.2) is 68.8 Å². The van der Waals surface area contributed by atoms with Gasteiger partial charge in [0.05, 0.1) is 4.90 Å². The highest BCUT2D eigenvalue weighted by atomic mass is 32.2. The summed E-state index contributed by atoms with van der Waals surface area (Å²) < 4.78 is 6.13. The summed E-state index contributed by atoms with van der Waals surface area (Å²) in [4.78, 5) is 2.56. The first-order valence-electron chi connectivity index (χ1n) is 8.12. The van der Waals surface area contributed by atoms with Crippen molar-refractivity contribution in [1.82, 2.24) is 0 Å². The van der Waals surface area contributed by atoms with Gasteiger partial charge >= 0.3 is 0 Å². The van der Waals surface area contributed by atoms with Gasteiger partial charge in [0.15, 0.2) is 0 Å². The van der Waals surface area contributed by atoms with E-state index >= 15 is 0 Å². The molecule has 3 aromatic rings. The van der Waals surface area contributed by atoms with E-state index in [0.717, 1.165) is 17.8 Å². The largest absolute Gasteiger partial charge is 0.460 e. The molecule has 2 aromatic carbocycles. The number of benzene rings is 2. The normalized spacial score (nSPS) is 11.1. The fourth-order valence-electron chi connectivity index (χ4n) is 2.67. The van der Waals surface area contributed by atoms with Crippen LogP contribution in [0.5, 0.6) is 0 Å². The van der Waals surface area contributed by atoms with Crippen LogP contribution in [0.1, 0.15) is 38.4 Å². The highest BCUT2D eigenvalue weighted by Crippen LogP contribution is 2.39. The standard InChI is InChI=1S/C20H22OS/c1-2-3-4-8-15-19-20(22-16-11-6-5-7-12-16)17-13-9-10-14-18(17)21-19/h5-7,9-14H,2-4,8,15H2,1H3. The van der Waals surface area contributed by atoms with Crippen molar-refractivity contribution >= 4 is 22.7 Å². The SMILES string of the molecule is CCCCCCc1oc2ccccc2c1Sc1ccccc1. The summed E-state index contributed by atoms with van der Waals surface area (Å²) in [6, 6.07) is 18.9. The molecule has 0 fully saturated rings. The lowest BCUT2D eigenvalue weighted by Crippen LogP contribution is -1.86. The van der Waals surface area contributed by atoms with E-state index < -0.39 is 0 Å². The third-order valence-corrected chi connectivity index (χ3v) is 5.00. The summed E-state index contributed by atoms with van der Waals surface area (Å²) in [5, 5.41) is 1.24. The average Bonchev–Trinajstić information content (AvgIpc) is 2.91. The highest BCUT2D eigenvalue weighted by molar-refractivity contribution is 7.99. The van der Waals surface area contributed by atoms with Gasteiger partial charge in [0.1, 0.15) is 11.3 Å². The van der Waals surface area contributed by atoms with Gasteiger partial charge in [0, 0.05) is 16.7 Å². The lowest BCUT2D eigenvalue weighted by Gasteiger charge is -2.03. The Kier molecular flexibility index (Phi) is 5.23. The maximum absolute atomic E-state index is 6.13. The Morgan fingerprint density at radius 2 is 1.64 bits per heavy atom. The molecule has 0 bridgehead atoms. The molecule has 0 aliphatic rings. The molecule has 1 aromatic heterocycles. The van der Waals surface area contributed by atoms with E-state index in [-0.39, 0.29) is 0 Å². The van der Waals surface area contributed by atoms with Crippen LogP contribution >= 0.6 is 11.8 Å². The second-order valence-corrected chi connectivity index (χ2v) is 6.66. The molecule has 0 aliphatic carbocycles. The summed E-state index contributed by atoms with van der Waals surface area (Å²) in [7, 11) is 0. The number of furan rings is 1. The quantitative estimate of drug-likeness (QED) is 0.450. The zero-order valence-electron chi connectivity index (χ0n) is 13.0. The van der Waals surface area contributed by atoms with Crippen molar-refractivity contribution in [2.24, 2.45) is 0 Å². The Labute approximate surface area is 136 Å². The molecule has 2 heteroatoms. The molecule has 0 unspecified atom stereocenters. The number of fused-ring (bicyclic) bond motifs is 1. The topological polar surface area (TPSA) is 13.1 Å². The van der Waals surface area contributed by atoms with Gasteiger partial charge in [-0.1, -0.05) is 68.3 Å². The van der Waals surface area contributed by atoms with Gasteiger partial charge in [-0.25, -0.2) is 0 Å². The van der Waals surface area contributed by atoms with Crippen LogP contribution in [0.2, 0.25) is 0 Å². The van der Waals surface area contributed by atoms with Gasteiger partial charge in [-0.15, -0.1) is 0 Å². The molecule has 3 rings (SSSR count). The van der Waals surface area contributed by atoms with Crippen LogP contribution < -0.4 is 0 Å². The fourth-order valence-corrected chi connectivity index (χ4v) is 3.73. The maximum Gasteiger partial charge on any atom is 0.135 e. The smallest absolute Gasteiger partial charge is 0.135 e. The van der Waals surface area contributed by atoms with E-state index in [1.165, 1.54) is 40.9 Å². The third kappa shape index (κ3) is 3.56. The van der Waals surface area contributed by atoms with Crippen LogP contribution in [0, 0.1) is 0 Å². The summed E-state index contributed by atoms with van der Waals surface area (Å²) in [6.45, 7) is 2.25. The van der Waals surface area contributed by atoms with Crippen molar-refractivity contribution in [2.45, 2.75) is 48.8 Å². The zero-order valence-corrected chi connectivity index (χ0v) is 13.9. The van der Waals surface area contributed by atoms with Gasteiger partial charge in [0.2, 0.25) is 0 Å². The van der Waals surface area contributed by atoms with Crippen LogP contribution in [-0.4, -0.2) is 0 Å². The molecule has 1 heterocycles. The zero-order chi connectivity index (χ0) is 15.2. The molecule has 0 N–H and O–H groups in total. The molecule has 22 heavy (non-hydrogen) atoms. The van der Waals surface area contributed by atoms with Gasteiger partial charge in [-0.2, -0.15) is 0 Å². The van der Waals surface area contributed by atoms with E-state index in [2.05, 4.69) is 55.5 Å². The minimum atomic E-state index is 1.01. The van der Waals surface area contributed by atoms with Crippen LogP contribution in [-0.2, 0) is 6.42 Å². The predicted octanol–water partition coefficient (Wildman–Crippen LogP) is 6.71. The van der Waals surface area contributed by atoms with E-state index in [1.807, 2.05) is 17.8 Å². The van der Waals surface area contributed by atoms with Crippen molar-refractivity contribution in [1.29, 1.82) is 0 Å². The van der Waals surface area contributed by atoms with E-state index in [0.29, 0.717) is 0 Å². The van der Waals surface area contributed by atoms with Crippen LogP contribution in [0.4, 0.5) is 0 Å². The predicted molar refractivity (Wildman–Crippen MR) is 94.6 cm³/mol. The Balaban J connectivity index is 1.87. The average molecular weight is 310 g/mol. The maximum atomic E-state index is 6.13. The second-order valence-electron chi connectivity index (χ2n) is 5.58. The van der Waals surface area contributed by atoms with Crippen LogP contribution in [0.3, 0.4) is 0 Å². The molecule has 0 saturated heterocycles. The number of unbranched alkanes of at least 4 members (excludes halogenated alkanes) is 3. The Morgan fingerprint density at radius 1 is 0.864 bits per heavy atom. The van der Waals surface area contributed by atoms with E-state index in [9.17, 15) is 0 Å². The summed E-state index contributed by atoms with van der Waals surface area (Å²) in [5.41, 5.74) is 1.01. The van der Waals surface area contributed by atoms with Crippen molar-refractivity contribution < 1.29 is 4.42 Å². The molecular formula is C20H22OS. The van der Waals surface area contributed by atoms with Crippen molar-refractivity contribution in [3.63, 3.8) is 0 Å². The number of hydrogen-bond acceptors (Lipinski definition) is 2. The molecule has 1 nitrogen and oxygen atoms in total. The summed E-state index contributed by atoms with van der Waals surface area (Å²) >= 11 is 1.82. The first kappa shape index (κ1) is 15.2. The summed E-state index contributed by atoms with van der Waals surface area (Å²) in [5.74, 6) is 1.14. The molecule has 0 saturated carbocycles. The molecule has 0 spiro atoms. The summed E-state index contributed by atoms with van der Waals surface area (Å²) in [6.07, 6.45) is 6.09. The monoisotopic (exact) mass is 310 g/mol. The second kappa shape index (κ2) is 7.55. The number of aryl methyl sites for hydroxylation is 1. The van der Waals surface area contributed by atoms with Gasteiger partial charge < -0.3 is 4.42 Å². The lowest BCUT2D eigenvalue weighted by atomic mass is 10.1. The molecule has 0 atom stereocenters. The first-order valence-corrected chi connectivity index (χ1v) is 8.93. The number of para-hydroxylation sites is 1. The third-order valence-electron chi connectivity index (χ3n) is 3.84. The number of rotatable bonds is 7. The molecule has 0 radical (unpaired) electrons.